The fourth-order valence-corrected chi connectivity index (χ4v) is 5.85. The summed E-state index contributed by atoms with van der Waals surface area (Å²) in [5, 5.41) is 16.2. The number of carbonyl (C=O) groups excluding carboxylic acids is 1. The lowest BCUT2D eigenvalue weighted by Crippen LogP contribution is -2.48. The van der Waals surface area contributed by atoms with Crippen molar-refractivity contribution in [1.29, 1.82) is 5.26 Å². The zero-order valence-corrected chi connectivity index (χ0v) is 21.7. The van der Waals surface area contributed by atoms with E-state index in [2.05, 4.69) is 21.3 Å². The molecule has 0 saturated carbocycles. The van der Waals surface area contributed by atoms with E-state index in [-0.39, 0.29) is 31.8 Å². The molecule has 1 aromatic carbocycles. The van der Waals surface area contributed by atoms with Gasteiger partial charge in [0.2, 0.25) is 0 Å². The van der Waals surface area contributed by atoms with E-state index in [1.165, 1.54) is 4.90 Å². The SMILES string of the molecule is N#Cc1cc2c3c(c1)c(-c1c(-c4cnc5ccccn45)[nH][nH]c1=O)cn3CCN(C(=O)N1CCOCC(F)(F)C1)C2. The Kier molecular flexibility index (Phi) is 5.69. The van der Waals surface area contributed by atoms with Crippen molar-refractivity contribution in [3.8, 4) is 28.6 Å². The normalized spacial score (nSPS) is 17.0. The lowest BCUT2D eigenvalue weighted by molar-refractivity contribution is -0.0660. The summed E-state index contributed by atoms with van der Waals surface area (Å²) < 4.78 is 37.2. The Morgan fingerprint density at radius 3 is 2.88 bits per heavy atom. The third-order valence-electron chi connectivity index (χ3n) is 7.65. The third-order valence-corrected chi connectivity index (χ3v) is 7.65. The van der Waals surface area contributed by atoms with Crippen molar-refractivity contribution in [2.24, 2.45) is 0 Å². The Bertz CT molecular complexity index is 1930. The van der Waals surface area contributed by atoms with Gasteiger partial charge in [-0.1, -0.05) is 6.07 Å². The average molecular weight is 559 g/mol. The standard InChI is InChI=1S/C28H24F2N8O3/c29-28(30)15-37(7-8-41-16-28)27(40)36-6-5-35-14-20(19-10-17(11-31)9-18(13-36)25(19)35)23-24(33-34-26(23)39)21-12-32-22-3-1-2-4-38(21)22/h1-4,9-10,12,14H,5-8,13,15-16H2,(H2,33,34,39). The number of amides is 2. The molecule has 0 radical (unpaired) electrons. The molecule has 6 heterocycles. The number of imidazole rings is 1. The molecule has 4 aromatic heterocycles. The quantitative estimate of drug-likeness (QED) is 0.343. The Morgan fingerprint density at radius 2 is 2.02 bits per heavy atom. The van der Waals surface area contributed by atoms with Crippen molar-refractivity contribution in [2.45, 2.75) is 19.0 Å². The summed E-state index contributed by atoms with van der Waals surface area (Å²) in [5.74, 6) is -3.13. The lowest BCUT2D eigenvalue weighted by Gasteiger charge is -2.30. The molecule has 2 amide bonds. The van der Waals surface area contributed by atoms with E-state index in [1.54, 1.807) is 18.3 Å². The minimum Gasteiger partial charge on any atom is -0.373 e. The van der Waals surface area contributed by atoms with Gasteiger partial charge in [-0.05, 0) is 29.8 Å². The minimum atomic E-state index is -3.13. The largest absolute Gasteiger partial charge is 0.373 e. The van der Waals surface area contributed by atoms with Crippen molar-refractivity contribution >= 4 is 22.6 Å². The summed E-state index contributed by atoms with van der Waals surface area (Å²) in [6.45, 7) is -0.578. The molecule has 41 heavy (non-hydrogen) atoms. The van der Waals surface area contributed by atoms with Crippen LogP contribution in [0.15, 0.2) is 53.7 Å². The number of hydrogen-bond donors (Lipinski definition) is 2. The summed E-state index contributed by atoms with van der Waals surface area (Å²) >= 11 is 0. The molecule has 2 N–H and O–H groups in total. The van der Waals surface area contributed by atoms with Gasteiger partial charge in [0.15, 0.2) is 0 Å². The van der Waals surface area contributed by atoms with Gasteiger partial charge in [-0.3, -0.25) is 19.4 Å². The number of rotatable bonds is 2. The summed E-state index contributed by atoms with van der Waals surface area (Å²) in [7, 11) is 0. The van der Waals surface area contributed by atoms with Gasteiger partial charge in [-0.2, -0.15) is 5.26 Å². The first-order chi connectivity index (χ1) is 19.8. The number of aromatic nitrogens is 5. The van der Waals surface area contributed by atoms with E-state index in [9.17, 15) is 23.6 Å². The van der Waals surface area contributed by atoms with Gasteiger partial charge < -0.3 is 19.1 Å². The molecule has 0 bridgehead atoms. The van der Waals surface area contributed by atoms with E-state index in [4.69, 9.17) is 4.74 Å². The molecule has 7 rings (SSSR count). The van der Waals surface area contributed by atoms with Gasteiger partial charge in [0.25, 0.3) is 11.5 Å². The Labute approximate surface area is 231 Å². The van der Waals surface area contributed by atoms with E-state index in [0.29, 0.717) is 45.6 Å². The van der Waals surface area contributed by atoms with Crippen LogP contribution in [0.2, 0.25) is 0 Å². The predicted octanol–water partition coefficient (Wildman–Crippen LogP) is 3.41. The van der Waals surface area contributed by atoms with E-state index in [0.717, 1.165) is 16.1 Å². The average Bonchev–Trinajstić information content (AvgIpc) is 3.58. The second-order valence-electron chi connectivity index (χ2n) is 10.3. The van der Waals surface area contributed by atoms with Crippen LogP contribution < -0.4 is 5.56 Å². The highest BCUT2D eigenvalue weighted by molar-refractivity contribution is 6.01. The summed E-state index contributed by atoms with van der Waals surface area (Å²) in [4.78, 5) is 33.7. The van der Waals surface area contributed by atoms with Gasteiger partial charge >= 0.3 is 6.03 Å². The number of halogens is 2. The molecular weight excluding hydrogens is 534 g/mol. The molecule has 2 aliphatic heterocycles. The van der Waals surface area contributed by atoms with E-state index >= 15 is 0 Å². The number of nitrogens with zero attached hydrogens (tertiary/aromatic N) is 6. The zero-order valence-electron chi connectivity index (χ0n) is 21.7. The zero-order chi connectivity index (χ0) is 28.3. The van der Waals surface area contributed by atoms with Crippen LogP contribution in [0, 0.1) is 11.3 Å². The van der Waals surface area contributed by atoms with Crippen LogP contribution in [0.1, 0.15) is 11.1 Å². The number of aromatic amines is 2. The molecule has 5 aromatic rings. The smallest absolute Gasteiger partial charge is 0.320 e. The number of carbonyl (C=O) groups is 1. The number of nitrogens with one attached hydrogen (secondary N) is 2. The molecule has 0 spiro atoms. The number of hydrogen-bond acceptors (Lipinski definition) is 5. The first-order valence-electron chi connectivity index (χ1n) is 13.1. The lowest BCUT2D eigenvalue weighted by atomic mass is 10.00. The Hall–Kier alpha value is -4.96. The van der Waals surface area contributed by atoms with Crippen molar-refractivity contribution in [2.75, 3.05) is 32.8 Å². The van der Waals surface area contributed by atoms with E-state index in [1.807, 2.05) is 39.6 Å². The van der Waals surface area contributed by atoms with Gasteiger partial charge in [-0.15, -0.1) is 0 Å². The molecule has 0 unspecified atom stereocenters. The van der Waals surface area contributed by atoms with Crippen LogP contribution >= 0.6 is 0 Å². The molecule has 11 nitrogen and oxygen atoms in total. The van der Waals surface area contributed by atoms with Crippen LogP contribution in [0.4, 0.5) is 13.6 Å². The highest BCUT2D eigenvalue weighted by atomic mass is 19.3. The van der Waals surface area contributed by atoms with Crippen molar-refractivity contribution in [3.05, 3.63) is 70.4 Å². The van der Waals surface area contributed by atoms with Crippen molar-refractivity contribution in [3.63, 3.8) is 0 Å². The Balaban J connectivity index is 1.33. The minimum absolute atomic E-state index is 0.0345. The maximum atomic E-state index is 14.2. The summed E-state index contributed by atoms with van der Waals surface area (Å²) in [5.41, 5.74) is 4.50. The number of urea groups is 1. The maximum Gasteiger partial charge on any atom is 0.320 e. The number of benzene rings is 1. The van der Waals surface area contributed by atoms with E-state index < -0.39 is 25.1 Å². The monoisotopic (exact) mass is 558 g/mol. The van der Waals surface area contributed by atoms with Crippen molar-refractivity contribution in [1.82, 2.24) is 33.9 Å². The number of H-pyrrole nitrogens is 2. The van der Waals surface area contributed by atoms with Gasteiger partial charge in [-0.25, -0.2) is 18.6 Å². The number of fused-ring (bicyclic) bond motifs is 1. The van der Waals surface area contributed by atoms with Crippen LogP contribution in [-0.4, -0.2) is 78.8 Å². The Morgan fingerprint density at radius 1 is 1.15 bits per heavy atom. The molecule has 208 valence electrons. The second-order valence-corrected chi connectivity index (χ2v) is 10.3. The molecule has 1 fully saturated rings. The van der Waals surface area contributed by atoms with Crippen LogP contribution in [0.5, 0.6) is 0 Å². The number of alkyl halides is 2. The maximum absolute atomic E-state index is 14.2. The number of ether oxygens (including phenoxy) is 1. The number of nitriles is 1. The topological polar surface area (TPSA) is 127 Å². The van der Waals surface area contributed by atoms with Crippen LogP contribution in [0.3, 0.4) is 0 Å². The number of pyridine rings is 1. The fraction of sp³-hybridized carbons (Fsp3) is 0.286. The highest BCUT2D eigenvalue weighted by Gasteiger charge is 2.38. The van der Waals surface area contributed by atoms with Crippen LogP contribution in [0.25, 0.3) is 39.1 Å². The molecule has 1 saturated heterocycles. The van der Waals surface area contributed by atoms with Gasteiger partial charge in [0.1, 0.15) is 12.3 Å². The van der Waals surface area contributed by atoms with Gasteiger partial charge in [0.05, 0.1) is 53.4 Å². The summed E-state index contributed by atoms with van der Waals surface area (Å²) in [6.07, 6.45) is 5.40. The first-order valence-corrected chi connectivity index (χ1v) is 13.1. The first kappa shape index (κ1) is 25.0. The molecular formula is C28H24F2N8O3. The summed E-state index contributed by atoms with van der Waals surface area (Å²) in [6, 6.07) is 10.7. The molecule has 0 aliphatic carbocycles. The van der Waals surface area contributed by atoms with Gasteiger partial charge in [0, 0.05) is 49.5 Å². The van der Waals surface area contributed by atoms with Crippen molar-refractivity contribution < 1.29 is 18.3 Å². The molecule has 13 heteroatoms. The third kappa shape index (κ3) is 4.15. The fourth-order valence-electron chi connectivity index (χ4n) is 5.85. The molecule has 2 aliphatic rings. The second kappa shape index (κ2) is 9.31. The molecule has 0 atom stereocenters. The van der Waals surface area contributed by atoms with Crippen LogP contribution in [-0.2, 0) is 17.8 Å². The predicted molar refractivity (Wildman–Crippen MR) is 144 cm³/mol. The highest BCUT2D eigenvalue weighted by Crippen LogP contribution is 2.38.